The molecule has 7 heteroatoms. The summed E-state index contributed by atoms with van der Waals surface area (Å²) in [7, 11) is -4.02. The number of carbonyl (C=O) groups excluding carboxylic acids is 1. The van der Waals surface area contributed by atoms with E-state index in [0.29, 0.717) is 29.8 Å². The van der Waals surface area contributed by atoms with Gasteiger partial charge in [-0.15, -0.1) is 0 Å². The number of halogens is 1. The van der Waals surface area contributed by atoms with Gasteiger partial charge in [0.2, 0.25) is 0 Å². The SMILES string of the molecule is CCCCNC(=O)c1cccc2c1CCN2S(=O)(=O)c1ccccc1F. The average molecular weight is 376 g/mol. The summed E-state index contributed by atoms with van der Waals surface area (Å²) in [5.41, 5.74) is 1.60. The summed E-state index contributed by atoms with van der Waals surface area (Å²) in [5.74, 6) is -0.991. The third kappa shape index (κ3) is 3.31. The lowest BCUT2D eigenvalue weighted by atomic mass is 10.0. The van der Waals surface area contributed by atoms with Crippen LogP contribution in [0.5, 0.6) is 0 Å². The van der Waals surface area contributed by atoms with E-state index in [2.05, 4.69) is 5.32 Å². The third-order valence-electron chi connectivity index (χ3n) is 4.45. The lowest BCUT2D eigenvalue weighted by molar-refractivity contribution is 0.0952. The van der Waals surface area contributed by atoms with Gasteiger partial charge < -0.3 is 5.32 Å². The van der Waals surface area contributed by atoms with Crippen LogP contribution in [-0.4, -0.2) is 27.4 Å². The van der Waals surface area contributed by atoms with Crippen LogP contribution in [-0.2, 0) is 16.4 Å². The van der Waals surface area contributed by atoms with Crippen molar-refractivity contribution >= 4 is 21.6 Å². The molecule has 0 bridgehead atoms. The molecule has 0 aromatic heterocycles. The van der Waals surface area contributed by atoms with E-state index in [1.54, 1.807) is 18.2 Å². The fourth-order valence-corrected chi connectivity index (χ4v) is 4.68. The number of nitrogens with zero attached hydrogens (tertiary/aromatic N) is 1. The number of hydrogen-bond acceptors (Lipinski definition) is 3. The first kappa shape index (κ1) is 18.4. The standard InChI is InChI=1S/C19H21FN2O3S/c1-2-3-12-21-19(23)15-7-6-9-17-14(15)11-13-22(17)26(24,25)18-10-5-4-8-16(18)20/h4-10H,2-3,11-13H2,1H3,(H,21,23). The number of anilines is 1. The molecule has 0 radical (unpaired) electrons. The average Bonchev–Trinajstić information content (AvgIpc) is 3.07. The van der Waals surface area contributed by atoms with Crippen LogP contribution in [0.2, 0.25) is 0 Å². The van der Waals surface area contributed by atoms with Crippen LogP contribution in [0.1, 0.15) is 35.7 Å². The van der Waals surface area contributed by atoms with E-state index < -0.39 is 15.8 Å². The van der Waals surface area contributed by atoms with E-state index in [4.69, 9.17) is 0 Å². The highest BCUT2D eigenvalue weighted by molar-refractivity contribution is 7.92. The van der Waals surface area contributed by atoms with Gasteiger partial charge in [0.05, 0.1) is 5.69 Å². The Balaban J connectivity index is 1.94. The first-order valence-electron chi connectivity index (χ1n) is 8.64. The Morgan fingerprint density at radius 2 is 1.96 bits per heavy atom. The highest BCUT2D eigenvalue weighted by Crippen LogP contribution is 2.35. The summed E-state index contributed by atoms with van der Waals surface area (Å²) in [4.78, 5) is 12.1. The number of unbranched alkanes of at least 4 members (excludes halogenated alkanes) is 1. The fourth-order valence-electron chi connectivity index (χ4n) is 3.11. The molecule has 2 aromatic rings. The first-order valence-corrected chi connectivity index (χ1v) is 10.1. The molecule has 2 aromatic carbocycles. The van der Waals surface area contributed by atoms with E-state index in [9.17, 15) is 17.6 Å². The quantitative estimate of drug-likeness (QED) is 0.788. The minimum absolute atomic E-state index is 0.186. The van der Waals surface area contributed by atoms with Crippen LogP contribution in [0.15, 0.2) is 47.4 Å². The molecule has 0 unspecified atom stereocenters. The molecule has 0 fully saturated rings. The number of hydrogen-bond donors (Lipinski definition) is 1. The van der Waals surface area contributed by atoms with Crippen molar-refractivity contribution in [1.29, 1.82) is 0 Å². The van der Waals surface area contributed by atoms with Gasteiger partial charge in [0.15, 0.2) is 0 Å². The molecule has 0 aliphatic carbocycles. The molecule has 0 saturated heterocycles. The Hall–Kier alpha value is -2.41. The summed E-state index contributed by atoms with van der Waals surface area (Å²) < 4.78 is 41.0. The van der Waals surface area contributed by atoms with Crippen molar-refractivity contribution < 1.29 is 17.6 Å². The summed E-state index contributed by atoms with van der Waals surface area (Å²) in [6.07, 6.45) is 2.27. The lowest BCUT2D eigenvalue weighted by Crippen LogP contribution is -2.29. The molecule has 0 atom stereocenters. The number of benzene rings is 2. The zero-order chi connectivity index (χ0) is 18.7. The van der Waals surface area contributed by atoms with Crippen LogP contribution >= 0.6 is 0 Å². The molecule has 1 aliphatic heterocycles. The minimum atomic E-state index is -4.02. The largest absolute Gasteiger partial charge is 0.352 e. The number of nitrogens with one attached hydrogen (secondary N) is 1. The van der Waals surface area contributed by atoms with Gasteiger partial charge in [0.25, 0.3) is 15.9 Å². The normalized spacial score (nSPS) is 13.5. The van der Waals surface area contributed by atoms with E-state index in [0.717, 1.165) is 18.9 Å². The van der Waals surface area contributed by atoms with Gasteiger partial charge >= 0.3 is 0 Å². The summed E-state index contributed by atoms with van der Waals surface area (Å²) in [5, 5.41) is 2.86. The Morgan fingerprint density at radius 3 is 2.69 bits per heavy atom. The van der Waals surface area contributed by atoms with Crippen LogP contribution in [0.4, 0.5) is 10.1 Å². The van der Waals surface area contributed by atoms with Gasteiger partial charge in [0.1, 0.15) is 10.7 Å². The zero-order valence-corrected chi connectivity index (χ0v) is 15.4. The zero-order valence-electron chi connectivity index (χ0n) is 14.5. The van der Waals surface area contributed by atoms with Crippen molar-refractivity contribution in [2.24, 2.45) is 0 Å². The highest BCUT2D eigenvalue weighted by Gasteiger charge is 2.34. The number of amides is 1. The molecule has 1 heterocycles. The Morgan fingerprint density at radius 1 is 1.19 bits per heavy atom. The highest BCUT2D eigenvalue weighted by atomic mass is 32.2. The number of carbonyl (C=O) groups is 1. The Bertz CT molecular complexity index is 928. The van der Waals surface area contributed by atoms with Crippen LogP contribution < -0.4 is 9.62 Å². The summed E-state index contributed by atoms with van der Waals surface area (Å²) in [6, 6.07) is 10.3. The van der Waals surface area contributed by atoms with Crippen molar-refractivity contribution in [3.05, 3.63) is 59.4 Å². The van der Waals surface area contributed by atoms with Crippen molar-refractivity contribution in [2.75, 3.05) is 17.4 Å². The van der Waals surface area contributed by atoms with Crippen LogP contribution in [0.3, 0.4) is 0 Å². The van der Waals surface area contributed by atoms with Crippen molar-refractivity contribution in [3.8, 4) is 0 Å². The molecule has 138 valence electrons. The molecule has 0 spiro atoms. The second kappa shape index (κ2) is 7.45. The van der Waals surface area contributed by atoms with E-state index in [1.807, 2.05) is 6.92 Å². The Labute approximate surface area is 152 Å². The summed E-state index contributed by atoms with van der Waals surface area (Å²) in [6.45, 7) is 2.80. The topological polar surface area (TPSA) is 66.5 Å². The van der Waals surface area contributed by atoms with E-state index in [-0.39, 0.29) is 17.3 Å². The van der Waals surface area contributed by atoms with Gasteiger partial charge in [-0.05, 0) is 42.7 Å². The first-order chi connectivity index (χ1) is 12.5. The maximum Gasteiger partial charge on any atom is 0.267 e. The van der Waals surface area contributed by atoms with E-state index >= 15 is 0 Å². The molecule has 1 N–H and O–H groups in total. The molecule has 1 amide bonds. The summed E-state index contributed by atoms with van der Waals surface area (Å²) >= 11 is 0. The van der Waals surface area contributed by atoms with Gasteiger partial charge in [-0.2, -0.15) is 0 Å². The molecule has 26 heavy (non-hydrogen) atoms. The number of sulfonamides is 1. The monoisotopic (exact) mass is 376 g/mol. The minimum Gasteiger partial charge on any atom is -0.352 e. The van der Waals surface area contributed by atoms with Gasteiger partial charge in [-0.25, -0.2) is 12.8 Å². The molecular weight excluding hydrogens is 355 g/mol. The van der Waals surface area contributed by atoms with Crippen molar-refractivity contribution in [3.63, 3.8) is 0 Å². The molecule has 1 aliphatic rings. The van der Waals surface area contributed by atoms with Crippen LogP contribution in [0.25, 0.3) is 0 Å². The van der Waals surface area contributed by atoms with Gasteiger partial charge in [0, 0.05) is 18.7 Å². The molecule has 3 rings (SSSR count). The smallest absolute Gasteiger partial charge is 0.267 e. The Kier molecular flexibility index (Phi) is 5.27. The number of fused-ring (bicyclic) bond motifs is 1. The molecule has 0 saturated carbocycles. The second-order valence-corrected chi connectivity index (χ2v) is 8.00. The number of rotatable bonds is 6. The fraction of sp³-hybridized carbons (Fsp3) is 0.316. The predicted molar refractivity (Wildman–Crippen MR) is 98.3 cm³/mol. The van der Waals surface area contributed by atoms with Crippen LogP contribution in [0, 0.1) is 5.82 Å². The third-order valence-corrected chi connectivity index (χ3v) is 6.30. The second-order valence-electron chi connectivity index (χ2n) is 6.17. The van der Waals surface area contributed by atoms with Gasteiger partial charge in [-0.3, -0.25) is 9.10 Å². The van der Waals surface area contributed by atoms with Crippen molar-refractivity contribution in [1.82, 2.24) is 5.32 Å². The van der Waals surface area contributed by atoms with Gasteiger partial charge in [-0.1, -0.05) is 31.5 Å². The molecular formula is C19H21FN2O3S. The van der Waals surface area contributed by atoms with E-state index in [1.165, 1.54) is 22.5 Å². The maximum absolute atomic E-state index is 14.0. The lowest BCUT2D eigenvalue weighted by Gasteiger charge is -2.20. The molecule has 5 nitrogen and oxygen atoms in total. The maximum atomic E-state index is 14.0. The predicted octanol–water partition coefficient (Wildman–Crippen LogP) is 3.11. The van der Waals surface area contributed by atoms with Crippen molar-refractivity contribution in [2.45, 2.75) is 31.1 Å².